The number of hydrogen-bond donors (Lipinski definition) is 2. The molecular formula is C23H23N5O4. The Morgan fingerprint density at radius 2 is 1.88 bits per heavy atom. The number of likely N-dealkylation sites (tertiary alicyclic amines) is 1. The van der Waals surface area contributed by atoms with Gasteiger partial charge < -0.3 is 24.1 Å². The van der Waals surface area contributed by atoms with Gasteiger partial charge in [-0.2, -0.15) is 4.98 Å². The van der Waals surface area contributed by atoms with Gasteiger partial charge in [0.1, 0.15) is 5.75 Å². The van der Waals surface area contributed by atoms with Crippen LogP contribution in [0.25, 0.3) is 22.4 Å². The maximum absolute atomic E-state index is 12.5. The summed E-state index contributed by atoms with van der Waals surface area (Å²) in [6.45, 7) is 1.68. The second-order valence-electron chi connectivity index (χ2n) is 7.86. The van der Waals surface area contributed by atoms with Gasteiger partial charge in [0.2, 0.25) is 17.6 Å². The van der Waals surface area contributed by atoms with Crippen LogP contribution in [0.2, 0.25) is 0 Å². The van der Waals surface area contributed by atoms with Crippen molar-refractivity contribution in [2.75, 3.05) is 19.7 Å². The number of carbonyl (C=O) groups excluding carboxylic acids is 1. The van der Waals surface area contributed by atoms with Crippen LogP contribution in [-0.2, 0) is 4.79 Å². The Morgan fingerprint density at radius 1 is 1.09 bits per heavy atom. The number of aromatic nitrogens is 4. The van der Waals surface area contributed by atoms with E-state index < -0.39 is 0 Å². The first kappa shape index (κ1) is 20.0. The highest BCUT2D eigenvalue weighted by Gasteiger charge is 2.27. The number of piperidine rings is 1. The van der Waals surface area contributed by atoms with E-state index in [0.29, 0.717) is 43.3 Å². The molecule has 2 N–H and O–H groups in total. The highest BCUT2D eigenvalue weighted by Crippen LogP contribution is 2.29. The maximum atomic E-state index is 12.5. The first-order valence-electron chi connectivity index (χ1n) is 10.7. The highest BCUT2D eigenvalue weighted by molar-refractivity contribution is 5.79. The Balaban J connectivity index is 1.15. The Labute approximate surface area is 183 Å². The van der Waals surface area contributed by atoms with E-state index in [1.165, 1.54) is 0 Å². The predicted molar refractivity (Wildman–Crippen MR) is 117 cm³/mol. The molecule has 1 fully saturated rings. The number of nitrogens with one attached hydrogen (secondary N) is 2. The number of amides is 1. The van der Waals surface area contributed by atoms with E-state index in [0.717, 1.165) is 29.7 Å². The number of benzene rings is 2. The van der Waals surface area contributed by atoms with E-state index in [1.54, 1.807) is 0 Å². The Bertz CT molecular complexity index is 1270. The average Bonchev–Trinajstić information content (AvgIpc) is 3.45. The summed E-state index contributed by atoms with van der Waals surface area (Å²) in [5.41, 5.74) is 1.95. The fraction of sp³-hybridized carbons (Fsp3) is 0.304. The van der Waals surface area contributed by atoms with Crippen LogP contribution in [0.15, 0.2) is 57.8 Å². The monoisotopic (exact) mass is 433 g/mol. The number of nitrogens with zero attached hydrogens (tertiary/aromatic N) is 3. The largest absolute Gasteiger partial charge is 0.493 e. The zero-order chi connectivity index (χ0) is 21.9. The van der Waals surface area contributed by atoms with Crippen molar-refractivity contribution in [2.45, 2.75) is 25.2 Å². The number of aromatic amines is 2. The fourth-order valence-corrected chi connectivity index (χ4v) is 4.00. The number of fused-ring (bicyclic) bond motifs is 1. The first-order valence-corrected chi connectivity index (χ1v) is 10.7. The summed E-state index contributed by atoms with van der Waals surface area (Å²) >= 11 is 0. The van der Waals surface area contributed by atoms with Crippen molar-refractivity contribution in [3.63, 3.8) is 0 Å². The van der Waals surface area contributed by atoms with Crippen LogP contribution in [-0.4, -0.2) is 50.6 Å². The number of imidazole rings is 1. The molecule has 164 valence electrons. The first-order chi connectivity index (χ1) is 15.7. The molecular weight excluding hydrogens is 410 g/mol. The van der Waals surface area contributed by atoms with Gasteiger partial charge in [-0.25, -0.2) is 4.79 Å². The van der Waals surface area contributed by atoms with E-state index in [4.69, 9.17) is 9.26 Å². The third-order valence-electron chi connectivity index (χ3n) is 5.74. The van der Waals surface area contributed by atoms with Crippen molar-refractivity contribution >= 4 is 16.9 Å². The quantitative estimate of drug-likeness (QED) is 0.483. The lowest BCUT2D eigenvalue weighted by Gasteiger charge is -2.30. The number of ether oxygens (including phenoxy) is 1. The van der Waals surface area contributed by atoms with Crippen molar-refractivity contribution in [2.24, 2.45) is 0 Å². The second-order valence-corrected chi connectivity index (χ2v) is 7.86. The van der Waals surface area contributed by atoms with E-state index in [9.17, 15) is 9.59 Å². The van der Waals surface area contributed by atoms with E-state index in [1.807, 2.05) is 53.4 Å². The molecule has 9 nitrogen and oxygen atoms in total. The normalized spacial score (nSPS) is 14.7. The van der Waals surface area contributed by atoms with Crippen molar-refractivity contribution in [1.29, 1.82) is 0 Å². The summed E-state index contributed by atoms with van der Waals surface area (Å²) in [6, 6.07) is 15.0. The van der Waals surface area contributed by atoms with Crippen LogP contribution in [0.4, 0.5) is 0 Å². The average molecular weight is 433 g/mol. The maximum Gasteiger partial charge on any atom is 0.323 e. The second kappa shape index (κ2) is 8.70. The van der Waals surface area contributed by atoms with Crippen molar-refractivity contribution in [3.05, 3.63) is 64.9 Å². The molecule has 0 spiro atoms. The van der Waals surface area contributed by atoms with Crippen molar-refractivity contribution in [1.82, 2.24) is 25.0 Å². The molecule has 0 unspecified atom stereocenters. The van der Waals surface area contributed by atoms with Crippen LogP contribution < -0.4 is 10.4 Å². The molecule has 4 aromatic rings. The van der Waals surface area contributed by atoms with E-state index >= 15 is 0 Å². The van der Waals surface area contributed by atoms with Crippen LogP contribution in [0.5, 0.6) is 5.75 Å². The standard InChI is InChI=1S/C23H23N5O4/c29-20(10-13-31-17-4-2-1-3-5-17)28-11-8-15(9-12-28)22-26-21(27-32-22)16-6-7-18-19(14-16)25-23(30)24-18/h1-7,14-15H,8-13H2,(H2,24,25,30). The zero-order valence-electron chi connectivity index (χ0n) is 17.4. The van der Waals surface area contributed by atoms with Gasteiger partial charge in [0.25, 0.3) is 0 Å². The van der Waals surface area contributed by atoms with Gasteiger partial charge in [-0.05, 0) is 43.2 Å². The molecule has 2 aromatic heterocycles. The number of para-hydroxylation sites is 1. The van der Waals surface area contributed by atoms with Gasteiger partial charge in [0.05, 0.1) is 24.1 Å². The van der Waals surface area contributed by atoms with Crippen molar-refractivity contribution < 1.29 is 14.1 Å². The SMILES string of the molecule is O=C(CCOc1ccccc1)N1CCC(c2nc(-c3ccc4[nH]c(=O)[nH]c4c3)no2)CC1. The predicted octanol–water partition coefficient (Wildman–Crippen LogP) is 3.08. The molecule has 3 heterocycles. The summed E-state index contributed by atoms with van der Waals surface area (Å²) in [5.74, 6) is 2.06. The summed E-state index contributed by atoms with van der Waals surface area (Å²) in [6.07, 6.45) is 1.90. The molecule has 1 aliphatic heterocycles. The zero-order valence-corrected chi connectivity index (χ0v) is 17.4. The fourth-order valence-electron chi connectivity index (χ4n) is 4.00. The summed E-state index contributed by atoms with van der Waals surface area (Å²) in [7, 11) is 0. The van der Waals surface area contributed by atoms with Crippen LogP contribution >= 0.6 is 0 Å². The number of rotatable bonds is 6. The molecule has 2 aromatic carbocycles. The summed E-state index contributed by atoms with van der Waals surface area (Å²) < 4.78 is 11.1. The molecule has 0 aliphatic carbocycles. The lowest BCUT2D eigenvalue weighted by Crippen LogP contribution is -2.38. The Kier molecular flexibility index (Phi) is 5.45. The topological polar surface area (TPSA) is 117 Å². The lowest BCUT2D eigenvalue weighted by molar-refractivity contribution is -0.132. The highest BCUT2D eigenvalue weighted by atomic mass is 16.5. The van der Waals surface area contributed by atoms with Crippen LogP contribution in [0.1, 0.15) is 31.1 Å². The van der Waals surface area contributed by atoms with Gasteiger partial charge in [0, 0.05) is 24.6 Å². The minimum absolute atomic E-state index is 0.0967. The van der Waals surface area contributed by atoms with Crippen LogP contribution in [0.3, 0.4) is 0 Å². The summed E-state index contributed by atoms with van der Waals surface area (Å²) in [5, 5.41) is 4.11. The molecule has 1 aliphatic rings. The van der Waals surface area contributed by atoms with Gasteiger partial charge in [0.15, 0.2) is 0 Å². The minimum atomic E-state index is -0.251. The minimum Gasteiger partial charge on any atom is -0.493 e. The van der Waals surface area contributed by atoms with Gasteiger partial charge >= 0.3 is 5.69 Å². The molecule has 32 heavy (non-hydrogen) atoms. The number of H-pyrrole nitrogens is 2. The van der Waals surface area contributed by atoms with Crippen LogP contribution in [0, 0.1) is 0 Å². The molecule has 1 saturated heterocycles. The Hall–Kier alpha value is -3.88. The smallest absolute Gasteiger partial charge is 0.323 e. The van der Waals surface area contributed by atoms with Gasteiger partial charge in [-0.15, -0.1) is 0 Å². The molecule has 0 radical (unpaired) electrons. The van der Waals surface area contributed by atoms with E-state index in [2.05, 4.69) is 20.1 Å². The van der Waals surface area contributed by atoms with Gasteiger partial charge in [-0.1, -0.05) is 23.4 Å². The Morgan fingerprint density at radius 3 is 2.69 bits per heavy atom. The number of carbonyl (C=O) groups is 1. The summed E-state index contributed by atoms with van der Waals surface area (Å²) in [4.78, 5) is 35.8. The molecule has 5 rings (SSSR count). The van der Waals surface area contributed by atoms with Gasteiger partial charge in [-0.3, -0.25) is 4.79 Å². The molecule has 0 atom stereocenters. The lowest BCUT2D eigenvalue weighted by atomic mass is 9.96. The van der Waals surface area contributed by atoms with E-state index in [-0.39, 0.29) is 17.5 Å². The van der Waals surface area contributed by atoms with Crippen molar-refractivity contribution in [3.8, 4) is 17.1 Å². The molecule has 9 heteroatoms. The molecule has 1 amide bonds. The third kappa shape index (κ3) is 4.27. The number of hydrogen-bond acceptors (Lipinski definition) is 6. The third-order valence-corrected chi connectivity index (χ3v) is 5.74. The molecule has 0 saturated carbocycles. The molecule has 0 bridgehead atoms.